The van der Waals surface area contributed by atoms with E-state index in [9.17, 15) is 9.18 Å². The van der Waals surface area contributed by atoms with Crippen LogP contribution in [0, 0.1) is 17.7 Å². The Labute approximate surface area is 111 Å². The highest BCUT2D eigenvalue weighted by atomic mass is 19.1. The zero-order valence-electron chi connectivity index (χ0n) is 10.6. The molecule has 0 bridgehead atoms. The molecule has 1 aliphatic rings. The molecule has 19 heavy (non-hydrogen) atoms. The van der Waals surface area contributed by atoms with E-state index in [2.05, 4.69) is 17.2 Å². The summed E-state index contributed by atoms with van der Waals surface area (Å²) in [6.07, 6.45) is 3.41. The van der Waals surface area contributed by atoms with E-state index in [1.807, 2.05) is 0 Å². The smallest absolute Gasteiger partial charge is 0.254 e. The van der Waals surface area contributed by atoms with Gasteiger partial charge in [-0.2, -0.15) is 0 Å². The van der Waals surface area contributed by atoms with Gasteiger partial charge in [0.25, 0.3) is 5.91 Å². The summed E-state index contributed by atoms with van der Waals surface area (Å²) in [5, 5.41) is 11.4. The van der Waals surface area contributed by atoms with E-state index in [0.717, 1.165) is 19.3 Å². The molecule has 1 amide bonds. The second-order valence-electron chi connectivity index (χ2n) is 4.57. The van der Waals surface area contributed by atoms with Crippen molar-refractivity contribution in [2.75, 3.05) is 6.61 Å². The fraction of sp³-hybridized carbons (Fsp3) is 0.400. The summed E-state index contributed by atoms with van der Waals surface area (Å²) in [4.78, 5) is 11.8. The van der Waals surface area contributed by atoms with E-state index in [1.54, 1.807) is 6.07 Å². The monoisotopic (exact) mass is 261 g/mol. The number of amides is 1. The molecule has 0 aromatic heterocycles. The second-order valence-corrected chi connectivity index (χ2v) is 4.57. The van der Waals surface area contributed by atoms with Crippen molar-refractivity contribution in [3.05, 3.63) is 35.1 Å². The van der Waals surface area contributed by atoms with E-state index >= 15 is 0 Å². The van der Waals surface area contributed by atoms with Gasteiger partial charge in [0.15, 0.2) is 0 Å². The summed E-state index contributed by atoms with van der Waals surface area (Å²) in [6.45, 7) is -0.0165. The highest BCUT2D eigenvalue weighted by molar-refractivity contribution is 5.94. The molecule has 100 valence electrons. The number of nitrogens with one attached hydrogen (secondary N) is 1. The average Bonchev–Trinajstić information content (AvgIpc) is 2.34. The van der Waals surface area contributed by atoms with Gasteiger partial charge in [0.1, 0.15) is 5.82 Å². The zero-order chi connectivity index (χ0) is 13.7. The molecule has 0 heterocycles. The summed E-state index contributed by atoms with van der Waals surface area (Å²) in [6, 6.07) is 4.51. The van der Waals surface area contributed by atoms with Crippen LogP contribution in [-0.4, -0.2) is 23.7 Å². The molecule has 1 fully saturated rings. The SMILES string of the molecule is O=C(NC1CCC1)c1ccc(C#CCCO)cc1F. The van der Waals surface area contributed by atoms with Gasteiger partial charge in [-0.3, -0.25) is 4.79 Å². The first kappa shape index (κ1) is 13.6. The van der Waals surface area contributed by atoms with Crippen molar-refractivity contribution < 1.29 is 14.3 Å². The van der Waals surface area contributed by atoms with E-state index in [-0.39, 0.29) is 24.1 Å². The van der Waals surface area contributed by atoms with Crippen LogP contribution in [0.25, 0.3) is 0 Å². The van der Waals surface area contributed by atoms with Crippen molar-refractivity contribution in [3.8, 4) is 11.8 Å². The van der Waals surface area contributed by atoms with Crippen molar-refractivity contribution in [1.29, 1.82) is 0 Å². The van der Waals surface area contributed by atoms with Crippen LogP contribution in [-0.2, 0) is 0 Å². The number of aliphatic hydroxyl groups is 1. The number of hydrogen-bond acceptors (Lipinski definition) is 2. The first-order valence-electron chi connectivity index (χ1n) is 6.41. The Balaban J connectivity index is 2.06. The molecule has 4 heteroatoms. The van der Waals surface area contributed by atoms with Gasteiger partial charge in [-0.05, 0) is 37.5 Å². The summed E-state index contributed by atoms with van der Waals surface area (Å²) in [5.41, 5.74) is 0.561. The largest absolute Gasteiger partial charge is 0.395 e. The molecule has 0 aliphatic heterocycles. The van der Waals surface area contributed by atoms with Gasteiger partial charge in [0.2, 0.25) is 0 Å². The minimum absolute atomic E-state index is 0.0165. The van der Waals surface area contributed by atoms with Gasteiger partial charge in [-0.1, -0.05) is 11.8 Å². The van der Waals surface area contributed by atoms with Gasteiger partial charge in [0.05, 0.1) is 12.2 Å². The zero-order valence-corrected chi connectivity index (χ0v) is 10.6. The Morgan fingerprint density at radius 2 is 2.26 bits per heavy atom. The third-order valence-corrected chi connectivity index (χ3v) is 3.12. The van der Waals surface area contributed by atoms with Crippen molar-refractivity contribution in [2.45, 2.75) is 31.7 Å². The number of hydrogen-bond donors (Lipinski definition) is 2. The quantitative estimate of drug-likeness (QED) is 0.816. The lowest BCUT2D eigenvalue weighted by Gasteiger charge is -2.26. The molecule has 2 rings (SSSR count). The second kappa shape index (κ2) is 6.35. The highest BCUT2D eigenvalue weighted by Crippen LogP contribution is 2.19. The molecular weight excluding hydrogens is 245 g/mol. The van der Waals surface area contributed by atoms with Crippen LogP contribution >= 0.6 is 0 Å². The van der Waals surface area contributed by atoms with E-state index in [1.165, 1.54) is 12.1 Å². The molecule has 1 aromatic carbocycles. The maximum absolute atomic E-state index is 13.8. The van der Waals surface area contributed by atoms with Crippen molar-refractivity contribution in [2.24, 2.45) is 0 Å². The van der Waals surface area contributed by atoms with Crippen LogP contribution in [0.1, 0.15) is 41.6 Å². The molecule has 0 unspecified atom stereocenters. The van der Waals surface area contributed by atoms with Gasteiger partial charge < -0.3 is 10.4 Å². The Bertz CT molecular complexity index is 527. The Morgan fingerprint density at radius 1 is 1.47 bits per heavy atom. The van der Waals surface area contributed by atoms with Crippen LogP contribution in [0.15, 0.2) is 18.2 Å². The van der Waals surface area contributed by atoms with Crippen LogP contribution in [0.2, 0.25) is 0 Å². The van der Waals surface area contributed by atoms with Gasteiger partial charge in [-0.15, -0.1) is 0 Å². The van der Waals surface area contributed by atoms with Gasteiger partial charge in [-0.25, -0.2) is 4.39 Å². The molecule has 2 N–H and O–H groups in total. The first-order chi connectivity index (χ1) is 9.20. The minimum atomic E-state index is -0.562. The fourth-order valence-corrected chi connectivity index (χ4v) is 1.81. The third-order valence-electron chi connectivity index (χ3n) is 3.12. The van der Waals surface area contributed by atoms with Gasteiger partial charge in [0, 0.05) is 18.0 Å². The number of benzene rings is 1. The molecule has 0 saturated heterocycles. The van der Waals surface area contributed by atoms with Crippen LogP contribution < -0.4 is 5.32 Å². The maximum Gasteiger partial charge on any atom is 0.254 e. The highest BCUT2D eigenvalue weighted by Gasteiger charge is 2.21. The van der Waals surface area contributed by atoms with Gasteiger partial charge >= 0.3 is 0 Å². The first-order valence-corrected chi connectivity index (χ1v) is 6.41. The fourth-order valence-electron chi connectivity index (χ4n) is 1.81. The predicted octanol–water partition coefficient (Wildman–Crippen LogP) is 1.84. The number of rotatable bonds is 3. The number of carbonyl (C=O) groups is 1. The maximum atomic E-state index is 13.8. The number of aliphatic hydroxyl groups excluding tert-OH is 1. The lowest BCUT2D eigenvalue weighted by Crippen LogP contribution is -2.39. The summed E-state index contributed by atoms with van der Waals surface area (Å²) in [5.74, 6) is 4.52. The molecular formula is C15H16FNO2. The average molecular weight is 261 g/mol. The molecule has 1 saturated carbocycles. The number of halogens is 1. The molecule has 0 atom stereocenters. The standard InChI is InChI=1S/C15H16FNO2/c16-14-10-11(4-1-2-9-18)7-8-13(14)15(19)17-12-5-3-6-12/h7-8,10,12,18H,2-3,5-6,9H2,(H,17,19). The normalized spacial score (nSPS) is 14.2. The van der Waals surface area contributed by atoms with Crippen LogP contribution in [0.3, 0.4) is 0 Å². The Kier molecular flexibility index (Phi) is 4.53. The number of carbonyl (C=O) groups excluding carboxylic acids is 1. The molecule has 1 aliphatic carbocycles. The summed E-state index contributed by atoms with van der Waals surface area (Å²) < 4.78 is 13.8. The molecule has 3 nitrogen and oxygen atoms in total. The van der Waals surface area contributed by atoms with Crippen molar-refractivity contribution in [3.63, 3.8) is 0 Å². The third kappa shape index (κ3) is 3.55. The van der Waals surface area contributed by atoms with E-state index in [0.29, 0.717) is 12.0 Å². The summed E-state index contributed by atoms with van der Waals surface area (Å²) >= 11 is 0. The summed E-state index contributed by atoms with van der Waals surface area (Å²) in [7, 11) is 0. The molecule has 1 aromatic rings. The Hall–Kier alpha value is -1.86. The van der Waals surface area contributed by atoms with Crippen LogP contribution in [0.4, 0.5) is 4.39 Å². The Morgan fingerprint density at radius 3 is 2.84 bits per heavy atom. The van der Waals surface area contributed by atoms with E-state index < -0.39 is 5.82 Å². The lowest BCUT2D eigenvalue weighted by atomic mass is 9.93. The van der Waals surface area contributed by atoms with E-state index in [4.69, 9.17) is 5.11 Å². The predicted molar refractivity (Wildman–Crippen MR) is 70.1 cm³/mol. The lowest BCUT2D eigenvalue weighted by molar-refractivity contribution is 0.0913. The van der Waals surface area contributed by atoms with Crippen molar-refractivity contribution >= 4 is 5.91 Å². The molecule has 0 radical (unpaired) electrons. The van der Waals surface area contributed by atoms with Crippen molar-refractivity contribution in [1.82, 2.24) is 5.32 Å². The minimum Gasteiger partial charge on any atom is -0.395 e. The topological polar surface area (TPSA) is 49.3 Å². The molecule has 0 spiro atoms. The van der Waals surface area contributed by atoms with Crippen LogP contribution in [0.5, 0.6) is 0 Å².